The largest absolute Gasteiger partial charge is 0.134 e. The third-order valence-electron chi connectivity index (χ3n) is 11.9. The number of unbranched alkanes of at least 4 members (excludes halogenated alkanes) is 2. The molecule has 55 heavy (non-hydrogen) atoms. The maximum absolute atomic E-state index is 2.52. The molecule has 3 aromatic heterocycles. The molecule has 8 aromatic carbocycles. The summed E-state index contributed by atoms with van der Waals surface area (Å²) in [5.74, 6) is 0. The van der Waals surface area contributed by atoms with Crippen molar-refractivity contribution in [2.24, 2.45) is 0 Å². The number of hydrogen-bond donors (Lipinski definition) is 0. The summed E-state index contributed by atoms with van der Waals surface area (Å²) in [5.41, 5.74) is 5.70. The van der Waals surface area contributed by atoms with E-state index in [1.807, 2.05) is 34.0 Å². The summed E-state index contributed by atoms with van der Waals surface area (Å²) in [6.45, 7) is 4.62. The van der Waals surface area contributed by atoms with Crippen LogP contribution in [0.5, 0.6) is 0 Å². The molecular weight excluding hydrogens is 721 g/mol. The van der Waals surface area contributed by atoms with Crippen LogP contribution in [0.3, 0.4) is 0 Å². The second-order valence-corrected chi connectivity index (χ2v) is 18.4. The first kappa shape index (κ1) is 33.3. The first-order valence-electron chi connectivity index (χ1n) is 19.9. The average molecular weight is 761 g/mol. The first-order valence-corrected chi connectivity index (χ1v) is 22.3. The van der Waals surface area contributed by atoms with Gasteiger partial charge in [0.15, 0.2) is 0 Å². The van der Waals surface area contributed by atoms with E-state index in [1.165, 1.54) is 142 Å². The smallest absolute Gasteiger partial charge is 0.0481 e. The maximum Gasteiger partial charge on any atom is 0.0481 e. The van der Waals surface area contributed by atoms with Crippen molar-refractivity contribution in [2.45, 2.75) is 52.4 Å². The summed E-state index contributed by atoms with van der Waals surface area (Å²) in [6, 6.07) is 51.2. The highest BCUT2D eigenvalue weighted by molar-refractivity contribution is 7.28. The van der Waals surface area contributed by atoms with Gasteiger partial charge in [0.2, 0.25) is 0 Å². The van der Waals surface area contributed by atoms with Crippen molar-refractivity contribution in [1.82, 2.24) is 0 Å². The fourth-order valence-corrected chi connectivity index (χ4v) is 12.9. The van der Waals surface area contributed by atoms with E-state index >= 15 is 0 Å². The van der Waals surface area contributed by atoms with Crippen LogP contribution in [0.15, 0.2) is 133 Å². The highest BCUT2D eigenvalue weighted by atomic mass is 32.1. The zero-order valence-corrected chi connectivity index (χ0v) is 33.6. The van der Waals surface area contributed by atoms with Crippen molar-refractivity contribution in [3.63, 3.8) is 0 Å². The SMILES string of the molecule is CCCCc1cc(-c2ccc3ccc4cccc5ccc2c3c45)sc1-c1ccc(-c2sc(-c3ccc4ccc5cccc6ccc3c4c56)cc2CCCC)s1. The van der Waals surface area contributed by atoms with Crippen LogP contribution in [0.25, 0.3) is 105 Å². The van der Waals surface area contributed by atoms with Crippen LogP contribution in [0, 0.1) is 0 Å². The molecule has 0 aliphatic rings. The van der Waals surface area contributed by atoms with Gasteiger partial charge in [0, 0.05) is 29.3 Å². The molecular formula is C52H40S3. The highest BCUT2D eigenvalue weighted by Crippen LogP contribution is 2.50. The quantitative estimate of drug-likeness (QED) is 0.122. The molecule has 3 heteroatoms. The summed E-state index contributed by atoms with van der Waals surface area (Å²) in [6.07, 6.45) is 7.02. The molecule has 3 heterocycles. The minimum atomic E-state index is 1.11. The Hall–Kier alpha value is -5.06. The van der Waals surface area contributed by atoms with E-state index in [0.29, 0.717) is 0 Å². The molecule has 0 saturated heterocycles. The van der Waals surface area contributed by atoms with Gasteiger partial charge in [0.25, 0.3) is 0 Å². The number of hydrogen-bond acceptors (Lipinski definition) is 3. The summed E-state index contributed by atoms with van der Waals surface area (Å²) in [7, 11) is 0. The summed E-state index contributed by atoms with van der Waals surface area (Å²) < 4.78 is 0. The lowest BCUT2D eigenvalue weighted by molar-refractivity contribution is 0.798. The van der Waals surface area contributed by atoms with Crippen molar-refractivity contribution in [3.05, 3.63) is 145 Å². The van der Waals surface area contributed by atoms with Crippen LogP contribution < -0.4 is 0 Å². The predicted molar refractivity (Wildman–Crippen MR) is 246 cm³/mol. The van der Waals surface area contributed by atoms with E-state index in [0.717, 1.165) is 12.8 Å². The molecule has 0 aliphatic carbocycles. The Balaban J connectivity index is 1.02. The molecule has 0 atom stereocenters. The minimum Gasteiger partial charge on any atom is -0.134 e. The molecule has 0 aliphatic heterocycles. The summed E-state index contributed by atoms with van der Waals surface area (Å²) >= 11 is 5.98. The van der Waals surface area contributed by atoms with E-state index in [4.69, 9.17) is 0 Å². The molecule has 11 rings (SSSR count). The third-order valence-corrected chi connectivity index (χ3v) is 15.7. The lowest BCUT2D eigenvalue weighted by Crippen LogP contribution is -1.86. The van der Waals surface area contributed by atoms with Gasteiger partial charge in [0.1, 0.15) is 0 Å². The fourth-order valence-electron chi connectivity index (χ4n) is 9.13. The summed E-state index contributed by atoms with van der Waals surface area (Å²) in [4.78, 5) is 8.45. The van der Waals surface area contributed by atoms with E-state index in [9.17, 15) is 0 Å². The van der Waals surface area contributed by atoms with Gasteiger partial charge in [-0.05, 0) is 137 Å². The normalized spacial score (nSPS) is 12.3. The number of rotatable bonds is 10. The van der Waals surface area contributed by atoms with E-state index in [-0.39, 0.29) is 0 Å². The molecule has 0 N–H and O–H groups in total. The van der Waals surface area contributed by atoms with Gasteiger partial charge < -0.3 is 0 Å². The van der Waals surface area contributed by atoms with E-state index in [2.05, 4.69) is 147 Å². The van der Waals surface area contributed by atoms with Crippen LogP contribution in [-0.2, 0) is 12.8 Å². The van der Waals surface area contributed by atoms with Crippen LogP contribution in [0.2, 0.25) is 0 Å². The lowest BCUT2D eigenvalue weighted by Gasteiger charge is -2.13. The number of benzene rings is 8. The van der Waals surface area contributed by atoms with Gasteiger partial charge in [-0.15, -0.1) is 34.0 Å². The van der Waals surface area contributed by atoms with Gasteiger partial charge >= 0.3 is 0 Å². The number of thiophene rings is 3. The Labute approximate surface area is 334 Å². The first-order chi connectivity index (χ1) is 27.2. The highest BCUT2D eigenvalue weighted by Gasteiger charge is 2.21. The van der Waals surface area contributed by atoms with Crippen LogP contribution in [0.1, 0.15) is 50.7 Å². The van der Waals surface area contributed by atoms with Gasteiger partial charge in [-0.2, -0.15) is 0 Å². The minimum absolute atomic E-state index is 1.11. The molecule has 0 radical (unpaired) electrons. The van der Waals surface area contributed by atoms with Crippen LogP contribution >= 0.6 is 34.0 Å². The molecule has 0 fully saturated rings. The maximum atomic E-state index is 2.52. The van der Waals surface area contributed by atoms with Crippen molar-refractivity contribution in [1.29, 1.82) is 0 Å². The van der Waals surface area contributed by atoms with Gasteiger partial charge in [0.05, 0.1) is 0 Å². The van der Waals surface area contributed by atoms with Gasteiger partial charge in [-0.1, -0.05) is 136 Å². The zero-order chi connectivity index (χ0) is 36.6. The van der Waals surface area contributed by atoms with Crippen molar-refractivity contribution in [2.75, 3.05) is 0 Å². The third kappa shape index (κ3) is 5.35. The van der Waals surface area contributed by atoms with Crippen molar-refractivity contribution >= 4 is 98.6 Å². The van der Waals surface area contributed by atoms with E-state index < -0.39 is 0 Å². The van der Waals surface area contributed by atoms with Gasteiger partial charge in [-0.3, -0.25) is 0 Å². The standard InChI is InChI=1S/C52H40S3/c1-3-5-9-37-29-45(39-23-19-35-17-15-31-11-7-13-33-21-25-41(39)49(35)47(31)33)54-51(37)43-27-28-44(53-43)52-38(10-6-4-2)30-46(55-52)40-24-20-36-18-16-32-12-8-14-34-22-26-42(40)50(36)48(32)34/h7-8,11-30H,3-6,9-10H2,1-2H3. The molecule has 0 amide bonds. The monoisotopic (exact) mass is 760 g/mol. The van der Waals surface area contributed by atoms with Crippen LogP contribution in [-0.4, -0.2) is 0 Å². The summed E-state index contributed by atoms with van der Waals surface area (Å²) in [5, 5.41) is 16.2. The number of aryl methyl sites for hydroxylation is 2. The molecule has 266 valence electrons. The molecule has 0 saturated carbocycles. The molecule has 11 aromatic rings. The Kier molecular flexibility index (Phi) is 8.05. The second kappa shape index (κ2) is 13.3. The topological polar surface area (TPSA) is 0 Å². The predicted octanol–water partition coefficient (Wildman–Crippen LogP) is 17.0. The fraction of sp³-hybridized carbons (Fsp3) is 0.154. The lowest BCUT2D eigenvalue weighted by atomic mass is 9.91. The Morgan fingerprint density at radius 3 is 1.16 bits per heavy atom. The zero-order valence-electron chi connectivity index (χ0n) is 31.2. The van der Waals surface area contributed by atoms with Crippen molar-refractivity contribution < 1.29 is 0 Å². The Bertz CT molecular complexity index is 2940. The molecule has 0 spiro atoms. The second-order valence-electron chi connectivity index (χ2n) is 15.2. The Morgan fingerprint density at radius 1 is 0.364 bits per heavy atom. The van der Waals surface area contributed by atoms with Gasteiger partial charge in [-0.25, -0.2) is 0 Å². The average Bonchev–Trinajstić information content (AvgIpc) is 3.99. The molecule has 0 bridgehead atoms. The molecule has 0 unspecified atom stereocenters. The Morgan fingerprint density at radius 2 is 0.745 bits per heavy atom. The molecule has 0 nitrogen and oxygen atoms in total. The van der Waals surface area contributed by atoms with Crippen LogP contribution in [0.4, 0.5) is 0 Å². The van der Waals surface area contributed by atoms with E-state index in [1.54, 1.807) is 0 Å². The van der Waals surface area contributed by atoms with Crippen molar-refractivity contribution in [3.8, 4) is 40.4 Å².